The number of carbonyl (C=O) groups excluding carboxylic acids is 1. The van der Waals surface area contributed by atoms with E-state index in [-0.39, 0.29) is 5.69 Å². The lowest BCUT2D eigenvalue weighted by molar-refractivity contribution is -0.267. The van der Waals surface area contributed by atoms with Crippen LogP contribution in [0.3, 0.4) is 0 Å². The maximum absolute atomic E-state index is 12.5. The molecule has 1 aromatic carbocycles. The maximum atomic E-state index is 12.5. The number of carbonyl (C=O) groups is 1. The number of hydrogen-bond donors (Lipinski definition) is 1. The Labute approximate surface area is 87.1 Å². The number of rotatable bonds is 2. The van der Waals surface area contributed by atoms with Crippen molar-refractivity contribution in [2.24, 2.45) is 0 Å². The number of anilines is 1. The van der Waals surface area contributed by atoms with Crippen LogP contribution in [0.4, 0.5) is 27.6 Å². The lowest BCUT2D eigenvalue weighted by atomic mass is 10.2. The van der Waals surface area contributed by atoms with Gasteiger partial charge in [0.15, 0.2) is 0 Å². The van der Waals surface area contributed by atoms with E-state index in [1.54, 1.807) is 0 Å². The smallest absolute Gasteiger partial charge is 0.321 e. The predicted molar refractivity (Wildman–Crippen MR) is 46.1 cm³/mol. The van der Waals surface area contributed by atoms with Gasteiger partial charge in [-0.25, -0.2) is 0 Å². The van der Waals surface area contributed by atoms with E-state index in [0.29, 0.717) is 0 Å². The largest absolute Gasteiger partial charge is 0.463 e. The van der Waals surface area contributed by atoms with Crippen molar-refractivity contribution in [3.05, 3.63) is 30.3 Å². The maximum Gasteiger partial charge on any atom is 0.463 e. The van der Waals surface area contributed by atoms with Gasteiger partial charge in [-0.2, -0.15) is 22.0 Å². The lowest BCUT2D eigenvalue weighted by Gasteiger charge is -2.18. The zero-order valence-corrected chi connectivity index (χ0v) is 7.68. The first-order valence-corrected chi connectivity index (χ1v) is 4.06. The van der Waals surface area contributed by atoms with Gasteiger partial charge in [0.1, 0.15) is 0 Å². The molecule has 0 atom stereocenters. The van der Waals surface area contributed by atoms with Crippen LogP contribution >= 0.6 is 0 Å². The van der Waals surface area contributed by atoms with E-state index in [0.717, 1.165) is 0 Å². The van der Waals surface area contributed by atoms with E-state index in [2.05, 4.69) is 0 Å². The van der Waals surface area contributed by atoms with Crippen molar-refractivity contribution in [3.8, 4) is 0 Å². The zero-order chi connectivity index (χ0) is 12.4. The Hall–Kier alpha value is -1.66. The molecule has 0 aliphatic heterocycles. The van der Waals surface area contributed by atoms with Crippen LogP contribution in [0, 0.1) is 0 Å². The van der Waals surface area contributed by atoms with Crippen molar-refractivity contribution in [3.63, 3.8) is 0 Å². The molecule has 0 bridgehead atoms. The van der Waals surface area contributed by atoms with Gasteiger partial charge in [-0.15, -0.1) is 0 Å². The fourth-order valence-electron chi connectivity index (χ4n) is 0.860. The summed E-state index contributed by atoms with van der Waals surface area (Å²) in [6.45, 7) is 0. The minimum atomic E-state index is -5.90. The molecule has 1 N–H and O–H groups in total. The van der Waals surface area contributed by atoms with E-state index in [1.807, 2.05) is 0 Å². The van der Waals surface area contributed by atoms with Crippen LogP contribution in [0.5, 0.6) is 0 Å². The minimum Gasteiger partial charge on any atom is -0.321 e. The summed E-state index contributed by atoms with van der Waals surface area (Å²) >= 11 is 0. The molecular weight excluding hydrogens is 233 g/mol. The van der Waals surface area contributed by atoms with Gasteiger partial charge in [-0.3, -0.25) is 4.79 Å². The molecule has 0 saturated heterocycles. The van der Waals surface area contributed by atoms with Crippen molar-refractivity contribution in [1.82, 2.24) is 0 Å². The predicted octanol–water partition coefficient (Wildman–Crippen LogP) is 2.82. The second kappa shape index (κ2) is 4.07. The number of hydrogen-bond acceptors (Lipinski definition) is 1. The Balaban J connectivity index is 2.81. The average Bonchev–Trinajstić information content (AvgIpc) is 2.17. The molecule has 0 unspecified atom stereocenters. The van der Waals surface area contributed by atoms with E-state index >= 15 is 0 Å². The van der Waals surface area contributed by atoms with Gasteiger partial charge in [0, 0.05) is 5.69 Å². The Morgan fingerprint density at radius 1 is 1.00 bits per heavy atom. The standard InChI is InChI=1S/C9H6F5NO/c10-8(11,9(12,13)14)7(16)15-6-4-2-1-3-5-6/h1-5H,(H,15,16). The number of halogens is 5. The number of nitrogens with one attached hydrogen (secondary N) is 1. The Bertz CT molecular complexity index is 373. The normalized spacial score (nSPS) is 12.3. The second-order valence-corrected chi connectivity index (χ2v) is 2.89. The highest BCUT2D eigenvalue weighted by atomic mass is 19.4. The monoisotopic (exact) mass is 239 g/mol. The quantitative estimate of drug-likeness (QED) is 0.790. The third-order valence-electron chi connectivity index (χ3n) is 1.67. The number of benzene rings is 1. The molecule has 1 rings (SSSR count). The molecule has 0 aliphatic rings. The highest BCUT2D eigenvalue weighted by molar-refractivity contribution is 5.96. The Morgan fingerprint density at radius 3 is 1.94 bits per heavy atom. The van der Waals surface area contributed by atoms with Crippen LogP contribution < -0.4 is 5.32 Å². The molecule has 0 fully saturated rings. The zero-order valence-electron chi connectivity index (χ0n) is 7.68. The molecular formula is C9H6F5NO. The van der Waals surface area contributed by atoms with Gasteiger partial charge >= 0.3 is 18.0 Å². The van der Waals surface area contributed by atoms with Crippen molar-refractivity contribution >= 4 is 11.6 Å². The molecule has 16 heavy (non-hydrogen) atoms. The summed E-state index contributed by atoms with van der Waals surface area (Å²) in [5.74, 6) is -7.80. The lowest BCUT2D eigenvalue weighted by Crippen LogP contribution is -2.47. The molecule has 7 heteroatoms. The molecule has 0 saturated carbocycles. The van der Waals surface area contributed by atoms with Crippen LogP contribution in [0.2, 0.25) is 0 Å². The first-order chi connectivity index (χ1) is 7.25. The van der Waals surface area contributed by atoms with Crippen molar-refractivity contribution in [2.45, 2.75) is 12.1 Å². The first kappa shape index (κ1) is 12.4. The first-order valence-electron chi connectivity index (χ1n) is 4.06. The molecule has 2 nitrogen and oxygen atoms in total. The van der Waals surface area contributed by atoms with Gasteiger partial charge in [-0.1, -0.05) is 18.2 Å². The highest BCUT2D eigenvalue weighted by Gasteiger charge is 2.63. The number of amides is 1. The average molecular weight is 239 g/mol. The van der Waals surface area contributed by atoms with Crippen LogP contribution in [0.15, 0.2) is 30.3 Å². The molecule has 0 heterocycles. The third-order valence-corrected chi connectivity index (χ3v) is 1.67. The van der Waals surface area contributed by atoms with Gasteiger partial charge in [0.25, 0.3) is 0 Å². The van der Waals surface area contributed by atoms with Crippen molar-refractivity contribution < 1.29 is 26.7 Å². The minimum absolute atomic E-state index is 0.128. The van der Waals surface area contributed by atoms with Crippen LogP contribution in [-0.2, 0) is 4.79 Å². The highest BCUT2D eigenvalue weighted by Crippen LogP contribution is 2.36. The fourth-order valence-corrected chi connectivity index (χ4v) is 0.860. The molecule has 0 aromatic heterocycles. The van der Waals surface area contributed by atoms with Gasteiger partial charge < -0.3 is 5.32 Å². The summed E-state index contributed by atoms with van der Waals surface area (Å²) < 4.78 is 60.3. The van der Waals surface area contributed by atoms with Gasteiger partial charge in [0.05, 0.1) is 0 Å². The fraction of sp³-hybridized carbons (Fsp3) is 0.222. The van der Waals surface area contributed by atoms with Gasteiger partial charge in [0.2, 0.25) is 0 Å². The summed E-state index contributed by atoms with van der Waals surface area (Å²) in [7, 11) is 0. The Kier molecular flexibility index (Phi) is 3.16. The van der Waals surface area contributed by atoms with E-state index in [4.69, 9.17) is 0 Å². The van der Waals surface area contributed by atoms with Crippen molar-refractivity contribution in [2.75, 3.05) is 5.32 Å². The van der Waals surface area contributed by atoms with E-state index in [9.17, 15) is 26.7 Å². The molecule has 0 spiro atoms. The number of para-hydroxylation sites is 1. The molecule has 1 amide bonds. The van der Waals surface area contributed by atoms with E-state index < -0.39 is 18.0 Å². The molecule has 0 aliphatic carbocycles. The summed E-state index contributed by atoms with van der Waals surface area (Å²) in [4.78, 5) is 10.7. The van der Waals surface area contributed by atoms with Crippen LogP contribution in [-0.4, -0.2) is 18.0 Å². The molecule has 0 radical (unpaired) electrons. The van der Waals surface area contributed by atoms with Crippen LogP contribution in [0.1, 0.15) is 0 Å². The topological polar surface area (TPSA) is 29.1 Å². The molecule has 88 valence electrons. The summed E-state index contributed by atoms with van der Waals surface area (Å²) in [6, 6.07) is 6.70. The van der Waals surface area contributed by atoms with Crippen molar-refractivity contribution in [1.29, 1.82) is 0 Å². The molecule has 1 aromatic rings. The van der Waals surface area contributed by atoms with E-state index in [1.165, 1.54) is 35.6 Å². The third kappa shape index (κ3) is 2.47. The van der Waals surface area contributed by atoms with Gasteiger partial charge in [-0.05, 0) is 12.1 Å². The second-order valence-electron chi connectivity index (χ2n) is 2.89. The summed E-state index contributed by atoms with van der Waals surface area (Å²) in [5.41, 5.74) is -0.128. The summed E-state index contributed by atoms with van der Waals surface area (Å²) in [5, 5.41) is 1.48. The van der Waals surface area contributed by atoms with Crippen LogP contribution in [0.25, 0.3) is 0 Å². The SMILES string of the molecule is O=C(Nc1ccccc1)C(F)(F)C(F)(F)F. The Morgan fingerprint density at radius 2 is 1.50 bits per heavy atom. The number of alkyl halides is 5. The summed E-state index contributed by atoms with van der Waals surface area (Å²) in [6.07, 6.45) is -5.90.